The molecule has 0 aromatic heterocycles. The third-order valence-electron chi connectivity index (χ3n) is 7.12. The van der Waals surface area contributed by atoms with E-state index >= 15 is 0 Å². The lowest BCUT2D eigenvalue weighted by Gasteiger charge is -2.58. The number of hydrogen-bond donors (Lipinski definition) is 1. The molecule has 5 rings (SSSR count). The summed E-state index contributed by atoms with van der Waals surface area (Å²) in [6, 6.07) is 0.759. The van der Waals surface area contributed by atoms with E-state index in [1.54, 1.807) is 38.5 Å². The Bertz CT molecular complexity index is 325. The predicted octanol–water partition coefficient (Wildman–Crippen LogP) is 4.00. The molecule has 0 amide bonds. The van der Waals surface area contributed by atoms with E-state index in [1.165, 1.54) is 19.3 Å². The minimum atomic E-state index is 0.722. The van der Waals surface area contributed by atoms with Crippen LogP contribution in [0.3, 0.4) is 0 Å². The average Bonchev–Trinajstić information content (AvgIpc) is 2.46. The minimum Gasteiger partial charge on any atom is -0.381 e. The number of nitrogens with one attached hydrogen (secondary N) is 1. The maximum absolute atomic E-state index is 5.59. The molecule has 4 aliphatic carbocycles. The molecule has 2 heteroatoms. The number of hydrogen-bond acceptors (Lipinski definition) is 2. The summed E-state index contributed by atoms with van der Waals surface area (Å²) in [4.78, 5) is 0. The summed E-state index contributed by atoms with van der Waals surface area (Å²) in [5.74, 6) is 4.14. The van der Waals surface area contributed by atoms with Crippen LogP contribution in [0.15, 0.2) is 0 Å². The first kappa shape index (κ1) is 14.5. The molecule has 1 aliphatic heterocycles. The molecular formula is C19H33NO. The van der Waals surface area contributed by atoms with Gasteiger partial charge in [-0.2, -0.15) is 0 Å². The highest BCUT2D eigenvalue weighted by Gasteiger charge is 2.51. The van der Waals surface area contributed by atoms with Gasteiger partial charge in [-0.15, -0.1) is 0 Å². The molecule has 0 radical (unpaired) electrons. The van der Waals surface area contributed by atoms with E-state index in [1.807, 2.05) is 0 Å². The molecule has 0 spiro atoms. The van der Waals surface area contributed by atoms with Gasteiger partial charge in [0.05, 0.1) is 0 Å². The molecule has 5 fully saturated rings. The van der Waals surface area contributed by atoms with E-state index in [4.69, 9.17) is 4.74 Å². The largest absolute Gasteiger partial charge is 0.381 e. The Labute approximate surface area is 130 Å². The molecule has 2 nitrogen and oxygen atoms in total. The first-order valence-electron chi connectivity index (χ1n) is 9.57. The van der Waals surface area contributed by atoms with E-state index in [9.17, 15) is 0 Å². The van der Waals surface area contributed by atoms with Crippen LogP contribution in [0, 0.1) is 29.1 Å². The van der Waals surface area contributed by atoms with E-state index < -0.39 is 0 Å². The van der Waals surface area contributed by atoms with Crippen LogP contribution >= 0.6 is 0 Å². The van der Waals surface area contributed by atoms with Gasteiger partial charge in [0, 0.05) is 19.3 Å². The predicted molar refractivity (Wildman–Crippen MR) is 86.2 cm³/mol. The molecule has 4 saturated carbocycles. The fourth-order valence-electron chi connectivity index (χ4n) is 6.79. The van der Waals surface area contributed by atoms with Crippen LogP contribution in [0.1, 0.15) is 64.7 Å². The lowest BCUT2D eigenvalue weighted by Crippen LogP contribution is -2.50. The zero-order valence-corrected chi connectivity index (χ0v) is 13.8. The standard InChI is InChI=1S/C19H33NO/c1-2-20-18(17-3-5-21-6-4-17)13-19-10-14-7-15(11-19)9-16(8-14)12-19/h14-18,20H,2-13H2,1H3. The second-order valence-electron chi connectivity index (χ2n) is 8.74. The van der Waals surface area contributed by atoms with E-state index in [2.05, 4.69) is 12.2 Å². The molecule has 0 aromatic rings. The first-order valence-corrected chi connectivity index (χ1v) is 9.57. The summed E-state index contributed by atoms with van der Waals surface area (Å²) in [5.41, 5.74) is 0.722. The maximum Gasteiger partial charge on any atom is 0.0469 e. The third kappa shape index (κ3) is 2.91. The normalized spacial score (nSPS) is 44.1. The summed E-state index contributed by atoms with van der Waals surface area (Å²) < 4.78 is 5.59. The van der Waals surface area contributed by atoms with Crippen molar-refractivity contribution in [3.05, 3.63) is 0 Å². The fourth-order valence-corrected chi connectivity index (χ4v) is 6.79. The highest BCUT2D eigenvalue weighted by molar-refractivity contribution is 5.03. The molecule has 21 heavy (non-hydrogen) atoms. The first-order chi connectivity index (χ1) is 10.3. The van der Waals surface area contributed by atoms with Crippen LogP contribution in [0.5, 0.6) is 0 Å². The van der Waals surface area contributed by atoms with Crippen LogP contribution < -0.4 is 5.32 Å². The topological polar surface area (TPSA) is 21.3 Å². The van der Waals surface area contributed by atoms with E-state index in [0.29, 0.717) is 0 Å². The Kier molecular flexibility index (Phi) is 4.04. The van der Waals surface area contributed by atoms with Gasteiger partial charge in [0.15, 0.2) is 0 Å². The average molecular weight is 291 g/mol. The lowest BCUT2D eigenvalue weighted by molar-refractivity contribution is -0.0682. The Morgan fingerprint density at radius 2 is 1.57 bits per heavy atom. The van der Waals surface area contributed by atoms with Gasteiger partial charge in [-0.1, -0.05) is 6.92 Å². The van der Waals surface area contributed by atoms with Crippen molar-refractivity contribution < 1.29 is 4.74 Å². The molecule has 0 aromatic carbocycles. The van der Waals surface area contributed by atoms with Crippen LogP contribution in [-0.4, -0.2) is 25.8 Å². The van der Waals surface area contributed by atoms with Crippen LogP contribution in [-0.2, 0) is 4.74 Å². The van der Waals surface area contributed by atoms with Gasteiger partial charge in [0.25, 0.3) is 0 Å². The van der Waals surface area contributed by atoms with Gasteiger partial charge >= 0.3 is 0 Å². The zero-order valence-electron chi connectivity index (χ0n) is 13.8. The number of ether oxygens (including phenoxy) is 1. The van der Waals surface area contributed by atoms with Crippen molar-refractivity contribution in [3.63, 3.8) is 0 Å². The van der Waals surface area contributed by atoms with Crippen molar-refractivity contribution in [2.45, 2.75) is 70.8 Å². The highest BCUT2D eigenvalue weighted by Crippen LogP contribution is 2.61. The third-order valence-corrected chi connectivity index (χ3v) is 7.12. The highest BCUT2D eigenvalue weighted by atomic mass is 16.5. The lowest BCUT2D eigenvalue weighted by atomic mass is 9.48. The maximum atomic E-state index is 5.59. The van der Waals surface area contributed by atoms with Gasteiger partial charge in [0.1, 0.15) is 0 Å². The quantitative estimate of drug-likeness (QED) is 0.826. The molecule has 5 aliphatic rings. The summed E-state index contributed by atoms with van der Waals surface area (Å²) in [6.07, 6.45) is 13.4. The van der Waals surface area contributed by atoms with Crippen molar-refractivity contribution in [3.8, 4) is 0 Å². The van der Waals surface area contributed by atoms with Gasteiger partial charge < -0.3 is 10.1 Å². The van der Waals surface area contributed by atoms with E-state index in [-0.39, 0.29) is 0 Å². The van der Waals surface area contributed by atoms with Gasteiger partial charge in [-0.3, -0.25) is 0 Å². The molecule has 1 N–H and O–H groups in total. The van der Waals surface area contributed by atoms with Gasteiger partial charge in [-0.25, -0.2) is 0 Å². The Morgan fingerprint density at radius 1 is 1.00 bits per heavy atom. The summed E-state index contributed by atoms with van der Waals surface area (Å²) >= 11 is 0. The van der Waals surface area contributed by atoms with Crippen molar-refractivity contribution >= 4 is 0 Å². The number of rotatable bonds is 5. The zero-order chi connectivity index (χ0) is 14.3. The van der Waals surface area contributed by atoms with Crippen molar-refractivity contribution in [1.82, 2.24) is 5.32 Å². The minimum absolute atomic E-state index is 0.722. The Balaban J connectivity index is 1.46. The molecule has 1 heterocycles. The van der Waals surface area contributed by atoms with Crippen LogP contribution in [0.4, 0.5) is 0 Å². The molecule has 1 saturated heterocycles. The monoisotopic (exact) mass is 291 g/mol. The molecule has 1 atom stereocenters. The van der Waals surface area contributed by atoms with Crippen molar-refractivity contribution in [2.75, 3.05) is 19.8 Å². The summed E-state index contributed by atoms with van der Waals surface area (Å²) in [7, 11) is 0. The summed E-state index contributed by atoms with van der Waals surface area (Å²) in [6.45, 7) is 5.40. The molecule has 120 valence electrons. The molecular weight excluding hydrogens is 258 g/mol. The van der Waals surface area contributed by atoms with Crippen LogP contribution in [0.25, 0.3) is 0 Å². The summed E-state index contributed by atoms with van der Waals surface area (Å²) in [5, 5.41) is 3.87. The SMILES string of the molecule is CCNC(CC12CC3CC(CC(C3)C1)C2)C1CCOCC1. The second-order valence-corrected chi connectivity index (χ2v) is 8.74. The van der Waals surface area contributed by atoms with Crippen LogP contribution in [0.2, 0.25) is 0 Å². The van der Waals surface area contributed by atoms with Gasteiger partial charge in [0.2, 0.25) is 0 Å². The Morgan fingerprint density at radius 3 is 2.10 bits per heavy atom. The Hall–Kier alpha value is -0.0800. The smallest absolute Gasteiger partial charge is 0.0469 e. The molecule has 1 unspecified atom stereocenters. The van der Waals surface area contributed by atoms with Gasteiger partial charge in [-0.05, 0) is 93.4 Å². The van der Waals surface area contributed by atoms with E-state index in [0.717, 1.165) is 54.9 Å². The fraction of sp³-hybridized carbons (Fsp3) is 1.00. The second kappa shape index (κ2) is 5.85. The van der Waals surface area contributed by atoms with Crippen molar-refractivity contribution in [1.29, 1.82) is 0 Å². The molecule has 4 bridgehead atoms. The van der Waals surface area contributed by atoms with Crippen molar-refractivity contribution in [2.24, 2.45) is 29.1 Å².